The summed E-state index contributed by atoms with van der Waals surface area (Å²) in [6.45, 7) is 1.40. The quantitative estimate of drug-likeness (QED) is 0.406. The van der Waals surface area contributed by atoms with E-state index >= 15 is 0 Å². The van der Waals surface area contributed by atoms with E-state index in [2.05, 4.69) is 15.9 Å². The van der Waals surface area contributed by atoms with E-state index in [-0.39, 0.29) is 6.61 Å². The van der Waals surface area contributed by atoms with Gasteiger partial charge in [-0.05, 0) is 32.6 Å². The second-order valence-electron chi connectivity index (χ2n) is 7.74. The molecule has 0 amide bonds. The van der Waals surface area contributed by atoms with Crippen molar-refractivity contribution in [3.63, 3.8) is 0 Å². The average Bonchev–Trinajstić information content (AvgIpc) is 3.07. The van der Waals surface area contributed by atoms with Crippen LogP contribution in [-0.4, -0.2) is 34.7 Å². The zero-order valence-electron chi connectivity index (χ0n) is 17.7. The molecule has 5 nitrogen and oxygen atoms in total. The van der Waals surface area contributed by atoms with Crippen molar-refractivity contribution in [3.05, 3.63) is 108 Å². The molecule has 1 unspecified atom stereocenters. The summed E-state index contributed by atoms with van der Waals surface area (Å²) in [7, 11) is 0. The second-order valence-corrected chi connectivity index (χ2v) is 8.88. The summed E-state index contributed by atoms with van der Waals surface area (Å²) >= 11 is 3.30. The number of ether oxygens (including phenoxy) is 4. The van der Waals surface area contributed by atoms with E-state index < -0.39 is 23.0 Å². The molecule has 3 aromatic rings. The normalized spacial score (nSPS) is 25.1. The highest BCUT2D eigenvalue weighted by Gasteiger charge is 2.55. The van der Waals surface area contributed by atoms with Crippen LogP contribution < -0.4 is 0 Å². The Hall–Kier alpha value is -2.06. The molecule has 4 rings (SSSR count). The molecule has 1 heterocycles. The van der Waals surface area contributed by atoms with Crippen LogP contribution in [0.5, 0.6) is 0 Å². The number of hydrogen-bond donors (Lipinski definition) is 1. The van der Waals surface area contributed by atoms with Crippen molar-refractivity contribution in [2.45, 2.75) is 42.8 Å². The highest BCUT2D eigenvalue weighted by atomic mass is 79.9. The van der Waals surface area contributed by atoms with Crippen LogP contribution in [0.3, 0.4) is 0 Å². The van der Waals surface area contributed by atoms with Gasteiger partial charge >= 0.3 is 0 Å². The first-order valence-corrected chi connectivity index (χ1v) is 11.4. The third kappa shape index (κ3) is 6.25. The highest BCUT2D eigenvalue weighted by molar-refractivity contribution is 9.10. The van der Waals surface area contributed by atoms with E-state index in [1.165, 1.54) is 0 Å². The Bertz CT molecular complexity index is 936. The second kappa shape index (κ2) is 11.2. The van der Waals surface area contributed by atoms with Crippen molar-refractivity contribution < 1.29 is 24.1 Å². The molecule has 0 aromatic heterocycles. The molecule has 1 N–H and O–H groups in total. The van der Waals surface area contributed by atoms with Crippen LogP contribution in [0.15, 0.2) is 91.0 Å². The summed E-state index contributed by atoms with van der Waals surface area (Å²) in [5.74, 6) is 0. The van der Waals surface area contributed by atoms with Crippen LogP contribution >= 0.6 is 15.9 Å². The zero-order chi connectivity index (χ0) is 22.2. The van der Waals surface area contributed by atoms with Crippen LogP contribution in [0.4, 0.5) is 0 Å². The minimum atomic E-state index is -1.68. The van der Waals surface area contributed by atoms with Crippen LogP contribution in [0.1, 0.15) is 16.7 Å². The van der Waals surface area contributed by atoms with Crippen LogP contribution in [0, 0.1) is 0 Å². The van der Waals surface area contributed by atoms with Crippen molar-refractivity contribution in [1.29, 1.82) is 0 Å². The summed E-state index contributed by atoms with van der Waals surface area (Å²) in [5, 5.41) is 10.9. The molecule has 1 aliphatic heterocycles. The lowest BCUT2D eigenvalue weighted by Gasteiger charge is -2.26. The Balaban J connectivity index is 1.44. The van der Waals surface area contributed by atoms with E-state index in [1.54, 1.807) is 0 Å². The Morgan fingerprint density at radius 3 is 1.72 bits per heavy atom. The SMILES string of the molecule is OC1(Br)O[C@H](COCc2ccccc2)[C@@H](OCc2ccccc2)[C@@H]1OCc1ccccc1. The molecular formula is C26H27BrO5. The largest absolute Gasteiger partial charge is 0.374 e. The Morgan fingerprint density at radius 1 is 0.719 bits per heavy atom. The summed E-state index contributed by atoms with van der Waals surface area (Å²) in [5.41, 5.74) is 3.10. The van der Waals surface area contributed by atoms with Gasteiger partial charge in [0.15, 0.2) is 6.10 Å². The van der Waals surface area contributed by atoms with Gasteiger partial charge in [0, 0.05) is 0 Å². The third-order valence-corrected chi connectivity index (χ3v) is 5.92. The number of rotatable bonds is 10. The maximum atomic E-state index is 10.9. The van der Waals surface area contributed by atoms with Crippen LogP contribution in [0.25, 0.3) is 0 Å². The van der Waals surface area contributed by atoms with E-state index in [1.807, 2.05) is 91.0 Å². The molecule has 1 fully saturated rings. The van der Waals surface area contributed by atoms with E-state index in [0.29, 0.717) is 19.8 Å². The number of benzene rings is 3. The molecule has 168 valence electrons. The minimum absolute atomic E-state index is 0.257. The third-order valence-electron chi connectivity index (χ3n) is 5.28. The summed E-state index contributed by atoms with van der Waals surface area (Å²) in [6, 6.07) is 29.6. The van der Waals surface area contributed by atoms with Gasteiger partial charge < -0.3 is 24.1 Å². The fourth-order valence-corrected chi connectivity index (χ4v) is 4.29. The van der Waals surface area contributed by atoms with Crippen molar-refractivity contribution in [1.82, 2.24) is 0 Å². The Morgan fingerprint density at radius 2 is 1.19 bits per heavy atom. The highest BCUT2D eigenvalue weighted by Crippen LogP contribution is 2.39. The molecule has 6 heteroatoms. The standard InChI is InChI=1S/C26H27BrO5/c27-26(28)25(31-18-22-14-8-3-9-15-22)24(30-17-21-12-6-2-7-13-21)23(32-26)19-29-16-20-10-4-1-5-11-20/h1-15,23-25,28H,16-19H2/t23-,24-,25+,26?/m1/s1. The molecular weight excluding hydrogens is 472 g/mol. The fraction of sp³-hybridized carbons (Fsp3) is 0.308. The van der Waals surface area contributed by atoms with Crippen molar-refractivity contribution in [3.8, 4) is 0 Å². The average molecular weight is 499 g/mol. The van der Waals surface area contributed by atoms with E-state index in [4.69, 9.17) is 18.9 Å². The van der Waals surface area contributed by atoms with Crippen LogP contribution in [-0.2, 0) is 38.8 Å². The van der Waals surface area contributed by atoms with Gasteiger partial charge in [-0.1, -0.05) is 91.0 Å². The summed E-state index contributed by atoms with van der Waals surface area (Å²) in [6.07, 6.45) is -1.77. The van der Waals surface area contributed by atoms with Gasteiger partial charge in [-0.3, -0.25) is 0 Å². The van der Waals surface area contributed by atoms with Gasteiger partial charge in [-0.2, -0.15) is 0 Å². The Labute approximate surface area is 197 Å². The molecule has 1 aliphatic rings. The lowest BCUT2D eigenvalue weighted by Crippen LogP contribution is -2.42. The lowest BCUT2D eigenvalue weighted by molar-refractivity contribution is -0.175. The van der Waals surface area contributed by atoms with Gasteiger partial charge in [0.25, 0.3) is 4.70 Å². The van der Waals surface area contributed by atoms with Gasteiger partial charge in [0.1, 0.15) is 12.2 Å². The Kier molecular flexibility index (Phi) is 8.08. The fourth-order valence-electron chi connectivity index (χ4n) is 3.66. The smallest absolute Gasteiger partial charge is 0.254 e. The van der Waals surface area contributed by atoms with Gasteiger partial charge in [-0.15, -0.1) is 0 Å². The lowest BCUT2D eigenvalue weighted by atomic mass is 10.1. The topological polar surface area (TPSA) is 57.2 Å². The molecule has 0 radical (unpaired) electrons. The van der Waals surface area contributed by atoms with E-state index in [9.17, 15) is 5.11 Å². The molecule has 1 saturated heterocycles. The van der Waals surface area contributed by atoms with Gasteiger partial charge in [-0.25, -0.2) is 0 Å². The molecule has 4 atom stereocenters. The summed E-state index contributed by atoms with van der Waals surface area (Å²) in [4.78, 5) is 0. The maximum absolute atomic E-state index is 10.9. The molecule has 0 saturated carbocycles. The van der Waals surface area contributed by atoms with E-state index in [0.717, 1.165) is 16.7 Å². The molecule has 0 bridgehead atoms. The van der Waals surface area contributed by atoms with Crippen molar-refractivity contribution in [2.75, 3.05) is 6.61 Å². The zero-order valence-corrected chi connectivity index (χ0v) is 19.3. The number of hydrogen-bond acceptors (Lipinski definition) is 5. The minimum Gasteiger partial charge on any atom is -0.374 e. The van der Waals surface area contributed by atoms with Gasteiger partial charge in [0.2, 0.25) is 0 Å². The molecule has 32 heavy (non-hydrogen) atoms. The predicted octanol–water partition coefficient (Wildman–Crippen LogP) is 4.81. The molecule has 3 aromatic carbocycles. The predicted molar refractivity (Wildman–Crippen MR) is 125 cm³/mol. The van der Waals surface area contributed by atoms with Crippen LogP contribution in [0.2, 0.25) is 0 Å². The first kappa shape index (κ1) is 23.1. The summed E-state index contributed by atoms with van der Waals surface area (Å²) < 4.78 is 22.4. The first-order chi connectivity index (χ1) is 15.6. The first-order valence-electron chi connectivity index (χ1n) is 10.6. The number of aliphatic hydroxyl groups is 1. The molecule has 0 aliphatic carbocycles. The van der Waals surface area contributed by atoms with Crippen molar-refractivity contribution in [2.24, 2.45) is 0 Å². The monoisotopic (exact) mass is 498 g/mol. The number of halogens is 1. The van der Waals surface area contributed by atoms with Crippen molar-refractivity contribution >= 4 is 15.9 Å². The number of alkyl halides is 1. The molecule has 0 spiro atoms. The van der Waals surface area contributed by atoms with Gasteiger partial charge in [0.05, 0.1) is 26.4 Å². The maximum Gasteiger partial charge on any atom is 0.254 e.